The molecule has 7 nitrogen and oxygen atoms in total. The van der Waals surface area contributed by atoms with E-state index in [1.54, 1.807) is 53.5 Å². The summed E-state index contributed by atoms with van der Waals surface area (Å²) in [5, 5.41) is 1.41. The minimum atomic E-state index is -0.298. The first-order valence-corrected chi connectivity index (χ1v) is 8.86. The number of rotatable bonds is 3. The number of imidazole rings is 1. The third-order valence-electron chi connectivity index (χ3n) is 4.59. The second-order valence-corrected chi connectivity index (χ2v) is 6.64. The van der Waals surface area contributed by atoms with Gasteiger partial charge < -0.3 is 10.7 Å². The molecule has 3 N–H and O–H groups in total. The lowest BCUT2D eigenvalue weighted by atomic mass is 10.1. The molecule has 0 unspecified atom stereocenters. The molecule has 5 rings (SSSR count). The first-order valence-electron chi connectivity index (χ1n) is 8.49. The van der Waals surface area contributed by atoms with E-state index >= 15 is 0 Å². The SMILES string of the molecule is Nc1nc2ccc(-c3cnc4[nH]ccc4c3Cl)cn2c1C(=O)c1ccccn1. The van der Waals surface area contributed by atoms with Gasteiger partial charge in [-0.2, -0.15) is 0 Å². The van der Waals surface area contributed by atoms with Crippen LogP contribution in [0.25, 0.3) is 27.8 Å². The molecular formula is C20H13ClN6O. The van der Waals surface area contributed by atoms with E-state index in [2.05, 4.69) is 19.9 Å². The number of carbonyl (C=O) groups is 1. The van der Waals surface area contributed by atoms with Crippen LogP contribution in [-0.2, 0) is 0 Å². The molecule has 0 fully saturated rings. The van der Waals surface area contributed by atoms with Crippen molar-refractivity contribution in [1.82, 2.24) is 24.3 Å². The Morgan fingerprint density at radius 3 is 2.86 bits per heavy atom. The van der Waals surface area contributed by atoms with Crippen molar-refractivity contribution < 1.29 is 4.79 Å². The first kappa shape index (κ1) is 16.5. The number of nitrogens with two attached hydrogens (primary N) is 1. The summed E-state index contributed by atoms with van der Waals surface area (Å²) in [4.78, 5) is 28.8. The first-order chi connectivity index (χ1) is 13.6. The topological polar surface area (TPSA) is 102 Å². The molecule has 5 aromatic heterocycles. The van der Waals surface area contributed by atoms with E-state index in [4.69, 9.17) is 17.3 Å². The highest BCUT2D eigenvalue weighted by Crippen LogP contribution is 2.33. The van der Waals surface area contributed by atoms with Gasteiger partial charge in [0.2, 0.25) is 5.78 Å². The summed E-state index contributed by atoms with van der Waals surface area (Å²) in [6, 6.07) is 10.7. The van der Waals surface area contributed by atoms with Crippen molar-refractivity contribution in [3.05, 3.63) is 77.6 Å². The number of carbonyl (C=O) groups excluding carboxylic acids is 1. The molecule has 8 heteroatoms. The summed E-state index contributed by atoms with van der Waals surface area (Å²) < 4.78 is 1.67. The van der Waals surface area contributed by atoms with Gasteiger partial charge in [-0.15, -0.1) is 0 Å². The van der Waals surface area contributed by atoms with Gasteiger partial charge >= 0.3 is 0 Å². The van der Waals surface area contributed by atoms with Gasteiger partial charge in [-0.1, -0.05) is 17.7 Å². The third-order valence-corrected chi connectivity index (χ3v) is 5.00. The fourth-order valence-corrected chi connectivity index (χ4v) is 3.55. The third kappa shape index (κ3) is 2.44. The highest BCUT2D eigenvalue weighted by molar-refractivity contribution is 6.38. The van der Waals surface area contributed by atoms with Crippen molar-refractivity contribution in [3.8, 4) is 11.1 Å². The second kappa shape index (κ2) is 6.17. The summed E-state index contributed by atoms with van der Waals surface area (Å²) in [6.07, 6.45) is 6.84. The summed E-state index contributed by atoms with van der Waals surface area (Å²) in [6.45, 7) is 0. The number of nitrogen functional groups attached to an aromatic ring is 1. The maximum atomic E-state index is 13.0. The number of hydrogen-bond donors (Lipinski definition) is 2. The van der Waals surface area contributed by atoms with Crippen LogP contribution in [0, 0.1) is 0 Å². The largest absolute Gasteiger partial charge is 0.382 e. The molecule has 0 radical (unpaired) electrons. The number of aromatic amines is 1. The summed E-state index contributed by atoms with van der Waals surface area (Å²) >= 11 is 6.59. The number of nitrogens with one attached hydrogen (secondary N) is 1. The quantitative estimate of drug-likeness (QED) is 0.458. The molecule has 0 aliphatic carbocycles. The van der Waals surface area contributed by atoms with Crippen LogP contribution in [-0.4, -0.2) is 30.1 Å². The van der Waals surface area contributed by atoms with Crippen LogP contribution >= 0.6 is 11.6 Å². The summed E-state index contributed by atoms with van der Waals surface area (Å²) in [5.41, 5.74) is 9.43. The minimum Gasteiger partial charge on any atom is -0.382 e. The number of hydrogen-bond acceptors (Lipinski definition) is 5. The van der Waals surface area contributed by atoms with Crippen molar-refractivity contribution in [2.24, 2.45) is 0 Å². The van der Waals surface area contributed by atoms with Crippen LogP contribution in [0.1, 0.15) is 16.2 Å². The number of anilines is 1. The lowest BCUT2D eigenvalue weighted by molar-refractivity contribution is 0.103. The van der Waals surface area contributed by atoms with Crippen molar-refractivity contribution in [3.63, 3.8) is 0 Å². The molecule has 5 aromatic rings. The van der Waals surface area contributed by atoms with Crippen LogP contribution in [0.4, 0.5) is 5.82 Å². The van der Waals surface area contributed by atoms with E-state index in [0.29, 0.717) is 22.0 Å². The molecule has 0 aliphatic heterocycles. The number of nitrogens with zero attached hydrogens (tertiary/aromatic N) is 4. The molecule has 0 amide bonds. The van der Waals surface area contributed by atoms with Gasteiger partial charge in [0.25, 0.3) is 0 Å². The molecule has 0 aliphatic rings. The molecule has 136 valence electrons. The summed E-state index contributed by atoms with van der Waals surface area (Å²) in [7, 11) is 0. The Kier molecular flexibility index (Phi) is 3.63. The average Bonchev–Trinajstić information content (AvgIpc) is 3.32. The number of pyridine rings is 3. The predicted octanol–water partition coefficient (Wildman–Crippen LogP) is 3.74. The van der Waals surface area contributed by atoms with E-state index in [0.717, 1.165) is 16.5 Å². The fourth-order valence-electron chi connectivity index (χ4n) is 3.24. The normalized spacial score (nSPS) is 11.3. The Bertz CT molecular complexity index is 1360. The highest BCUT2D eigenvalue weighted by Gasteiger charge is 2.21. The Hall–Kier alpha value is -3.71. The van der Waals surface area contributed by atoms with Gasteiger partial charge in [-0.25, -0.2) is 9.97 Å². The van der Waals surface area contributed by atoms with E-state index in [1.807, 2.05) is 12.1 Å². The van der Waals surface area contributed by atoms with Crippen LogP contribution in [0.15, 0.2) is 61.2 Å². The lowest BCUT2D eigenvalue weighted by Gasteiger charge is -2.07. The van der Waals surface area contributed by atoms with Gasteiger partial charge in [-0.3, -0.25) is 14.2 Å². The second-order valence-electron chi connectivity index (χ2n) is 6.26. The molecule has 0 atom stereocenters. The van der Waals surface area contributed by atoms with Crippen molar-refractivity contribution >= 4 is 39.9 Å². The zero-order chi connectivity index (χ0) is 19.3. The Morgan fingerprint density at radius 1 is 1.14 bits per heavy atom. The zero-order valence-electron chi connectivity index (χ0n) is 14.4. The smallest absolute Gasteiger partial charge is 0.231 e. The molecule has 0 saturated heterocycles. The van der Waals surface area contributed by atoms with Gasteiger partial charge in [0.1, 0.15) is 22.7 Å². The van der Waals surface area contributed by atoms with Gasteiger partial charge in [0, 0.05) is 41.3 Å². The van der Waals surface area contributed by atoms with Crippen LogP contribution in [0.3, 0.4) is 0 Å². The van der Waals surface area contributed by atoms with Crippen LogP contribution in [0.2, 0.25) is 5.02 Å². The van der Waals surface area contributed by atoms with E-state index in [-0.39, 0.29) is 17.3 Å². The monoisotopic (exact) mass is 388 g/mol. The fraction of sp³-hybridized carbons (Fsp3) is 0. The number of ketones is 1. The zero-order valence-corrected chi connectivity index (χ0v) is 15.2. The van der Waals surface area contributed by atoms with Crippen molar-refractivity contribution in [2.75, 3.05) is 5.73 Å². The maximum Gasteiger partial charge on any atom is 0.231 e. The highest BCUT2D eigenvalue weighted by atomic mass is 35.5. The number of halogens is 1. The molecule has 0 bridgehead atoms. The van der Waals surface area contributed by atoms with E-state index in [9.17, 15) is 4.79 Å². The Morgan fingerprint density at radius 2 is 2.04 bits per heavy atom. The van der Waals surface area contributed by atoms with E-state index < -0.39 is 0 Å². The Labute approximate surface area is 163 Å². The molecule has 0 spiro atoms. The minimum absolute atomic E-state index is 0.151. The molecule has 5 heterocycles. The number of fused-ring (bicyclic) bond motifs is 2. The van der Waals surface area contributed by atoms with Gasteiger partial charge in [0.15, 0.2) is 5.82 Å². The van der Waals surface area contributed by atoms with Crippen LogP contribution < -0.4 is 5.73 Å². The van der Waals surface area contributed by atoms with E-state index in [1.165, 1.54) is 0 Å². The van der Waals surface area contributed by atoms with Gasteiger partial charge in [-0.05, 0) is 30.3 Å². The predicted molar refractivity (Wildman–Crippen MR) is 107 cm³/mol. The molecule has 0 saturated carbocycles. The maximum absolute atomic E-state index is 13.0. The average molecular weight is 389 g/mol. The molecule has 28 heavy (non-hydrogen) atoms. The molecular weight excluding hydrogens is 376 g/mol. The van der Waals surface area contributed by atoms with Crippen molar-refractivity contribution in [2.45, 2.75) is 0 Å². The van der Waals surface area contributed by atoms with Gasteiger partial charge in [0.05, 0.1) is 5.02 Å². The lowest BCUT2D eigenvalue weighted by Crippen LogP contribution is -2.09. The van der Waals surface area contributed by atoms with Crippen LogP contribution in [0.5, 0.6) is 0 Å². The Balaban J connectivity index is 1.70. The van der Waals surface area contributed by atoms with Crippen molar-refractivity contribution in [1.29, 1.82) is 0 Å². The standard InChI is InChI=1S/C20H13ClN6O/c21-16-12-6-8-24-20(12)25-9-13(16)11-4-5-15-26-19(22)17(27(15)10-11)18(28)14-3-1-2-7-23-14/h1-10H,22H2,(H,24,25). The molecule has 0 aromatic carbocycles. The number of H-pyrrole nitrogens is 1. The number of aromatic nitrogens is 5. The summed E-state index contributed by atoms with van der Waals surface area (Å²) in [5.74, 6) is -0.147.